The van der Waals surface area contributed by atoms with Gasteiger partial charge in [0.25, 0.3) is 0 Å². The molecule has 0 aliphatic carbocycles. The molecule has 2 heterocycles. The van der Waals surface area contributed by atoms with Gasteiger partial charge in [-0.2, -0.15) is 0 Å². The van der Waals surface area contributed by atoms with Gasteiger partial charge in [-0.25, -0.2) is 4.31 Å². The van der Waals surface area contributed by atoms with E-state index in [1.54, 1.807) is 6.92 Å². The number of carbonyl (C=O) groups excluding carboxylic acids is 1. The minimum absolute atomic E-state index is 0.0791. The van der Waals surface area contributed by atoms with Crippen molar-refractivity contribution in [3.63, 3.8) is 0 Å². The molecule has 1 atom stereocenters. The molecule has 4 rings (SSSR count). The van der Waals surface area contributed by atoms with Crippen molar-refractivity contribution in [2.75, 3.05) is 9.03 Å². The van der Waals surface area contributed by atoms with Crippen LogP contribution in [0.4, 0.5) is 11.4 Å². The summed E-state index contributed by atoms with van der Waals surface area (Å²) in [6.07, 6.45) is 0. The van der Waals surface area contributed by atoms with Crippen LogP contribution in [0.5, 0.6) is 0 Å². The van der Waals surface area contributed by atoms with Gasteiger partial charge in [0, 0.05) is 28.9 Å². The van der Waals surface area contributed by atoms with Crippen LogP contribution < -0.4 is 9.03 Å². The van der Waals surface area contributed by atoms with Crippen molar-refractivity contribution in [3.8, 4) is 0 Å². The second kappa shape index (κ2) is 4.21. The fourth-order valence-corrected chi connectivity index (χ4v) is 5.11. The van der Waals surface area contributed by atoms with Gasteiger partial charge in [-0.3, -0.25) is 4.79 Å². The molecule has 1 unspecified atom stereocenters. The van der Waals surface area contributed by atoms with Gasteiger partial charge in [-0.15, -0.1) is 0 Å². The van der Waals surface area contributed by atoms with Crippen molar-refractivity contribution < 1.29 is 4.79 Å². The Morgan fingerprint density at radius 3 is 2.43 bits per heavy atom. The zero-order valence-corrected chi connectivity index (χ0v) is 13.0. The van der Waals surface area contributed by atoms with Gasteiger partial charge in [0.1, 0.15) is 0 Å². The molecule has 4 heteroatoms. The molecule has 1 amide bonds. The summed E-state index contributed by atoms with van der Waals surface area (Å²) in [5.74, 6) is 0.0791. The molecule has 0 aromatic heterocycles. The van der Waals surface area contributed by atoms with Crippen molar-refractivity contribution in [3.05, 3.63) is 58.7 Å². The van der Waals surface area contributed by atoms with E-state index in [2.05, 4.69) is 55.0 Å². The topological polar surface area (TPSA) is 32.3 Å². The minimum atomic E-state index is -0.395. The first kappa shape index (κ1) is 12.7. The second-order valence-electron chi connectivity index (χ2n) is 5.60. The van der Waals surface area contributed by atoms with Crippen molar-refractivity contribution in [2.24, 2.45) is 0 Å². The molecule has 0 saturated carbocycles. The van der Waals surface area contributed by atoms with Crippen LogP contribution in [-0.4, -0.2) is 10.8 Å². The number of carbonyl (C=O) groups is 1. The Morgan fingerprint density at radius 1 is 1.05 bits per heavy atom. The first-order valence-electron chi connectivity index (χ1n) is 6.97. The summed E-state index contributed by atoms with van der Waals surface area (Å²) < 4.78 is 5.41. The Kier molecular flexibility index (Phi) is 2.54. The quantitative estimate of drug-likeness (QED) is 0.751. The number of hydrogen-bond donors (Lipinski definition) is 1. The lowest BCUT2D eigenvalue weighted by molar-refractivity contribution is -0.115. The molecule has 3 nitrogen and oxygen atoms in total. The number of rotatable bonds is 0. The van der Waals surface area contributed by atoms with E-state index < -0.39 is 10.9 Å². The largest absolute Gasteiger partial charge is 0.318 e. The molecule has 2 aromatic carbocycles. The van der Waals surface area contributed by atoms with Crippen LogP contribution in [-0.2, 0) is 4.79 Å². The first-order chi connectivity index (χ1) is 10.1. The summed E-state index contributed by atoms with van der Waals surface area (Å²) in [5, 5.41) is 0. The molecular formula is C17H16N2OS. The molecule has 2 aliphatic heterocycles. The molecule has 1 N–H and O–H groups in total. The van der Waals surface area contributed by atoms with E-state index in [0.717, 1.165) is 11.4 Å². The number of benzene rings is 2. The van der Waals surface area contributed by atoms with Crippen LogP contribution in [0.3, 0.4) is 0 Å². The highest BCUT2D eigenvalue weighted by Crippen LogP contribution is 2.49. The normalized spacial score (nSPS) is 18.1. The van der Waals surface area contributed by atoms with Gasteiger partial charge in [0.2, 0.25) is 5.91 Å². The molecular weight excluding hydrogens is 280 g/mol. The van der Waals surface area contributed by atoms with E-state index in [-0.39, 0.29) is 5.91 Å². The second-order valence-corrected chi connectivity index (χ2v) is 7.15. The average molecular weight is 296 g/mol. The van der Waals surface area contributed by atoms with Gasteiger partial charge in [-0.05, 0) is 38.1 Å². The fraction of sp³-hybridized carbons (Fsp3) is 0.176. The molecule has 21 heavy (non-hydrogen) atoms. The van der Waals surface area contributed by atoms with E-state index in [1.807, 2.05) is 4.31 Å². The molecule has 2 aromatic rings. The minimum Gasteiger partial charge on any atom is -0.318 e. The summed E-state index contributed by atoms with van der Waals surface area (Å²) in [6.45, 7) is 5.83. The standard InChI is InChI=1S/C17H16N2OS/c1-10-4-6-15-13(8-10)17-14-9-11(2)5-7-16(14)19(12(3)20)21(17)18-15/h4-9,18H,1-3H3. The van der Waals surface area contributed by atoms with Crippen LogP contribution in [0.15, 0.2) is 36.4 Å². The van der Waals surface area contributed by atoms with Crippen LogP contribution in [0.2, 0.25) is 0 Å². The number of nitrogens with zero attached hydrogens (tertiary/aromatic N) is 1. The number of anilines is 2. The molecule has 2 aliphatic rings. The van der Waals surface area contributed by atoms with Gasteiger partial charge in [0.05, 0.1) is 16.2 Å². The smallest absolute Gasteiger partial charge is 0.234 e. The lowest BCUT2D eigenvalue weighted by Gasteiger charge is -2.20. The van der Waals surface area contributed by atoms with E-state index in [1.165, 1.54) is 27.1 Å². The van der Waals surface area contributed by atoms with Crippen LogP contribution >= 0.6 is 10.9 Å². The van der Waals surface area contributed by atoms with E-state index in [9.17, 15) is 4.79 Å². The third-order valence-corrected chi connectivity index (χ3v) is 5.96. The van der Waals surface area contributed by atoms with Crippen LogP contribution in [0.25, 0.3) is 0 Å². The average Bonchev–Trinajstić information content (AvgIpc) is 2.92. The summed E-state index contributed by atoms with van der Waals surface area (Å²) in [7, 11) is -0.395. The molecule has 0 bridgehead atoms. The van der Waals surface area contributed by atoms with E-state index in [0.29, 0.717) is 0 Å². The Hall–Kier alpha value is -2.07. The Balaban J connectivity index is 2.01. The monoisotopic (exact) mass is 296 g/mol. The van der Waals surface area contributed by atoms with Crippen LogP contribution in [0, 0.1) is 13.8 Å². The highest BCUT2D eigenvalue weighted by atomic mass is 32.2. The fourth-order valence-electron chi connectivity index (χ4n) is 2.99. The number of aryl methyl sites for hydroxylation is 2. The van der Waals surface area contributed by atoms with Crippen molar-refractivity contribution >= 4 is 33.0 Å². The van der Waals surface area contributed by atoms with Crippen molar-refractivity contribution in [2.45, 2.75) is 20.8 Å². The molecule has 0 saturated heterocycles. The SMILES string of the molecule is CC(=O)N1c2ccc(C)cc2C2=S1Nc1ccc(C)cc12. The molecule has 0 radical (unpaired) electrons. The third-order valence-electron chi connectivity index (χ3n) is 3.90. The van der Waals surface area contributed by atoms with Gasteiger partial charge >= 0.3 is 0 Å². The lowest BCUT2D eigenvalue weighted by atomic mass is 9.98. The molecule has 0 fully saturated rings. The summed E-state index contributed by atoms with van der Waals surface area (Å²) in [6, 6.07) is 12.7. The molecule has 106 valence electrons. The Morgan fingerprint density at radius 2 is 1.71 bits per heavy atom. The summed E-state index contributed by atoms with van der Waals surface area (Å²) in [5.41, 5.74) is 7.02. The Bertz CT molecular complexity index is 839. The zero-order valence-electron chi connectivity index (χ0n) is 12.2. The summed E-state index contributed by atoms with van der Waals surface area (Å²) >= 11 is 0. The highest BCUT2D eigenvalue weighted by molar-refractivity contribution is 8.20. The summed E-state index contributed by atoms with van der Waals surface area (Å²) in [4.78, 5) is 13.4. The van der Waals surface area contributed by atoms with Crippen LogP contribution in [0.1, 0.15) is 29.2 Å². The van der Waals surface area contributed by atoms with E-state index in [4.69, 9.17) is 0 Å². The Labute approximate surface area is 126 Å². The third kappa shape index (κ3) is 1.69. The van der Waals surface area contributed by atoms with Crippen molar-refractivity contribution in [1.29, 1.82) is 0 Å². The van der Waals surface area contributed by atoms with Gasteiger partial charge in [0.15, 0.2) is 0 Å². The number of hydrogen-bond acceptors (Lipinski definition) is 2. The van der Waals surface area contributed by atoms with Crippen molar-refractivity contribution in [1.82, 2.24) is 0 Å². The number of fused-ring (bicyclic) bond motifs is 4. The zero-order chi connectivity index (χ0) is 14.7. The maximum atomic E-state index is 12.1. The predicted octanol–water partition coefficient (Wildman–Crippen LogP) is 3.76. The first-order valence-corrected chi connectivity index (χ1v) is 8.15. The maximum absolute atomic E-state index is 12.1. The maximum Gasteiger partial charge on any atom is 0.234 e. The number of nitrogens with one attached hydrogen (secondary N) is 1. The molecule has 0 spiro atoms. The predicted molar refractivity (Wildman–Crippen MR) is 89.9 cm³/mol. The van der Waals surface area contributed by atoms with Gasteiger partial charge in [-0.1, -0.05) is 23.3 Å². The number of amides is 1. The van der Waals surface area contributed by atoms with Gasteiger partial charge < -0.3 is 4.72 Å². The highest BCUT2D eigenvalue weighted by Gasteiger charge is 2.36. The van der Waals surface area contributed by atoms with E-state index >= 15 is 0 Å². The lowest BCUT2D eigenvalue weighted by Crippen LogP contribution is -2.22.